The molecule has 1 nitrogen and oxygen atoms in total. The molecule has 90 valence electrons. The molecular weight excluding hydrogens is 270 g/mol. The molecular formula is C10H19Cl2OPS. The van der Waals surface area contributed by atoms with Gasteiger partial charge in [0.25, 0.3) is 0 Å². The Morgan fingerprint density at radius 1 is 1.33 bits per heavy atom. The Balaban J connectivity index is 2.66. The number of hydrogen-bond donors (Lipinski definition) is 0. The number of halogens is 2. The number of hydrogen-bond acceptors (Lipinski definition) is 2. The van der Waals surface area contributed by atoms with Crippen molar-refractivity contribution in [2.24, 2.45) is 17.8 Å². The van der Waals surface area contributed by atoms with Gasteiger partial charge in [-0.15, -0.1) is 0 Å². The highest BCUT2D eigenvalue weighted by molar-refractivity contribution is 8.36. The Bertz CT molecular complexity index is 254. The van der Waals surface area contributed by atoms with E-state index in [4.69, 9.17) is 38.8 Å². The van der Waals surface area contributed by atoms with E-state index in [-0.39, 0.29) is 6.10 Å². The van der Waals surface area contributed by atoms with Crippen LogP contribution in [0.25, 0.3) is 0 Å². The first kappa shape index (κ1) is 14.3. The van der Waals surface area contributed by atoms with Gasteiger partial charge < -0.3 is 4.52 Å². The minimum Gasteiger partial charge on any atom is -0.323 e. The molecule has 3 unspecified atom stereocenters. The number of rotatable bonds is 3. The first-order valence-electron chi connectivity index (χ1n) is 5.47. The van der Waals surface area contributed by atoms with E-state index in [1.165, 1.54) is 12.8 Å². The molecule has 0 aliphatic heterocycles. The first-order chi connectivity index (χ1) is 6.79. The van der Waals surface area contributed by atoms with Gasteiger partial charge in [0.05, 0.1) is 6.10 Å². The molecule has 1 saturated carbocycles. The maximum Gasteiger partial charge on any atom is 0.240 e. The summed E-state index contributed by atoms with van der Waals surface area (Å²) in [5, 5.41) is 0. The van der Waals surface area contributed by atoms with E-state index in [1.807, 2.05) is 0 Å². The Morgan fingerprint density at radius 3 is 2.40 bits per heavy atom. The second kappa shape index (κ2) is 5.69. The van der Waals surface area contributed by atoms with Gasteiger partial charge in [-0.1, -0.05) is 27.2 Å². The zero-order chi connectivity index (χ0) is 11.6. The van der Waals surface area contributed by atoms with E-state index >= 15 is 0 Å². The summed E-state index contributed by atoms with van der Waals surface area (Å²) >= 11 is 16.7. The molecule has 0 bridgehead atoms. The SMILES string of the molecule is CC1CCC(C(C)C)C(OP(=S)(Cl)Cl)C1. The maximum absolute atomic E-state index is 5.85. The van der Waals surface area contributed by atoms with Crippen molar-refractivity contribution in [1.82, 2.24) is 0 Å². The van der Waals surface area contributed by atoms with Crippen molar-refractivity contribution in [2.75, 3.05) is 0 Å². The summed E-state index contributed by atoms with van der Waals surface area (Å²) in [6.45, 7) is 6.70. The molecule has 0 aromatic carbocycles. The zero-order valence-electron chi connectivity index (χ0n) is 9.45. The predicted molar refractivity (Wildman–Crippen MR) is 72.2 cm³/mol. The van der Waals surface area contributed by atoms with Crippen LogP contribution in [0.5, 0.6) is 0 Å². The van der Waals surface area contributed by atoms with Crippen LogP contribution in [0.3, 0.4) is 0 Å². The molecule has 1 aliphatic carbocycles. The van der Waals surface area contributed by atoms with Gasteiger partial charge in [-0.3, -0.25) is 0 Å². The molecule has 0 aromatic heterocycles. The summed E-state index contributed by atoms with van der Waals surface area (Å²) in [6, 6.07) is 0. The van der Waals surface area contributed by atoms with Crippen molar-refractivity contribution in [1.29, 1.82) is 0 Å². The third kappa shape index (κ3) is 4.91. The van der Waals surface area contributed by atoms with Gasteiger partial charge in [-0.2, -0.15) is 0 Å². The quantitative estimate of drug-likeness (QED) is 0.663. The van der Waals surface area contributed by atoms with Crippen LogP contribution in [0.4, 0.5) is 0 Å². The largest absolute Gasteiger partial charge is 0.323 e. The summed E-state index contributed by atoms with van der Waals surface area (Å²) in [5.74, 6) is 1.86. The second-order valence-corrected chi connectivity index (χ2v) is 12.0. The van der Waals surface area contributed by atoms with Crippen molar-refractivity contribution >= 4 is 39.3 Å². The van der Waals surface area contributed by atoms with E-state index in [2.05, 4.69) is 20.8 Å². The Labute approximate surface area is 108 Å². The van der Waals surface area contributed by atoms with Crippen LogP contribution >= 0.6 is 27.5 Å². The molecule has 0 aromatic rings. The van der Waals surface area contributed by atoms with E-state index in [0.717, 1.165) is 6.42 Å². The molecule has 0 heterocycles. The lowest BCUT2D eigenvalue weighted by atomic mass is 9.75. The van der Waals surface area contributed by atoms with Gasteiger partial charge >= 0.3 is 0 Å². The molecule has 1 rings (SSSR count). The van der Waals surface area contributed by atoms with Crippen molar-refractivity contribution < 1.29 is 4.52 Å². The highest BCUT2D eigenvalue weighted by Crippen LogP contribution is 2.60. The lowest BCUT2D eigenvalue weighted by molar-refractivity contribution is 0.0586. The Kier molecular flexibility index (Phi) is 5.40. The lowest BCUT2D eigenvalue weighted by Gasteiger charge is -2.37. The van der Waals surface area contributed by atoms with Crippen molar-refractivity contribution in [3.05, 3.63) is 0 Å². The summed E-state index contributed by atoms with van der Waals surface area (Å²) in [6.07, 6.45) is 3.68. The fraction of sp³-hybridized carbons (Fsp3) is 1.00. The Morgan fingerprint density at radius 2 is 1.93 bits per heavy atom. The van der Waals surface area contributed by atoms with E-state index in [9.17, 15) is 0 Å². The third-order valence-electron chi connectivity index (χ3n) is 3.22. The third-order valence-corrected chi connectivity index (χ3v) is 4.47. The van der Waals surface area contributed by atoms with Crippen LogP contribution in [0, 0.1) is 17.8 Å². The van der Waals surface area contributed by atoms with Crippen LogP contribution in [-0.2, 0) is 16.3 Å². The maximum atomic E-state index is 5.85. The predicted octanol–water partition coefficient (Wildman–Crippen LogP) is 5.17. The van der Waals surface area contributed by atoms with E-state index in [0.29, 0.717) is 17.8 Å². The molecule has 1 fully saturated rings. The highest BCUT2D eigenvalue weighted by atomic mass is 35.9. The van der Waals surface area contributed by atoms with Crippen molar-refractivity contribution in [3.8, 4) is 0 Å². The summed E-state index contributed by atoms with van der Waals surface area (Å²) < 4.78 is 5.68. The van der Waals surface area contributed by atoms with Crippen LogP contribution in [-0.4, -0.2) is 6.10 Å². The average Bonchev–Trinajstić information content (AvgIpc) is 1.99. The van der Waals surface area contributed by atoms with Crippen LogP contribution in [0.1, 0.15) is 40.0 Å². The summed E-state index contributed by atoms with van der Waals surface area (Å²) in [7, 11) is 0. The molecule has 0 radical (unpaired) electrons. The van der Waals surface area contributed by atoms with Gasteiger partial charge in [-0.25, -0.2) is 0 Å². The minimum atomic E-state index is -2.56. The first-order valence-corrected chi connectivity index (χ1v) is 10.0. The average molecular weight is 289 g/mol. The zero-order valence-corrected chi connectivity index (χ0v) is 12.7. The van der Waals surface area contributed by atoms with Crippen molar-refractivity contribution in [2.45, 2.75) is 46.1 Å². The second-order valence-electron chi connectivity index (χ2n) is 4.88. The van der Waals surface area contributed by atoms with Gasteiger partial charge in [-0.05, 0) is 64.9 Å². The Hall–Kier alpha value is 1.19. The fourth-order valence-electron chi connectivity index (χ4n) is 2.39. The summed E-state index contributed by atoms with van der Waals surface area (Å²) in [5.41, 5.74) is 0. The molecule has 15 heavy (non-hydrogen) atoms. The monoisotopic (exact) mass is 288 g/mol. The van der Waals surface area contributed by atoms with Gasteiger partial charge in [0.1, 0.15) is 0 Å². The van der Waals surface area contributed by atoms with Gasteiger partial charge in [0.15, 0.2) is 0 Å². The molecule has 1 aliphatic rings. The van der Waals surface area contributed by atoms with Gasteiger partial charge in [0, 0.05) is 0 Å². The van der Waals surface area contributed by atoms with Crippen LogP contribution < -0.4 is 0 Å². The van der Waals surface area contributed by atoms with E-state index < -0.39 is 4.97 Å². The van der Waals surface area contributed by atoms with Crippen LogP contribution in [0.2, 0.25) is 0 Å². The molecule has 0 saturated heterocycles. The molecule has 3 atom stereocenters. The van der Waals surface area contributed by atoms with Crippen LogP contribution in [0.15, 0.2) is 0 Å². The molecule has 0 N–H and O–H groups in total. The standard InChI is InChI=1S/C10H19Cl2OPS/c1-7(2)9-5-4-8(3)6-10(9)13-14(11,12)15/h7-10H,4-6H2,1-3H3. The fourth-order valence-corrected chi connectivity index (χ4v) is 3.90. The summed E-state index contributed by atoms with van der Waals surface area (Å²) in [4.78, 5) is -2.56. The van der Waals surface area contributed by atoms with E-state index in [1.54, 1.807) is 0 Å². The topological polar surface area (TPSA) is 9.23 Å². The van der Waals surface area contributed by atoms with Gasteiger partial charge in [0.2, 0.25) is 4.97 Å². The minimum absolute atomic E-state index is 0.162. The lowest BCUT2D eigenvalue weighted by Crippen LogP contribution is -2.33. The molecule has 0 amide bonds. The highest BCUT2D eigenvalue weighted by Gasteiger charge is 2.33. The molecule has 0 spiro atoms. The van der Waals surface area contributed by atoms with Crippen molar-refractivity contribution in [3.63, 3.8) is 0 Å². The molecule has 5 heteroatoms. The normalized spacial score (nSPS) is 33.3. The smallest absolute Gasteiger partial charge is 0.240 e.